The molecule has 15 heavy (non-hydrogen) atoms. The van der Waals surface area contributed by atoms with E-state index in [0.717, 1.165) is 0 Å². The van der Waals surface area contributed by atoms with Crippen LogP contribution in [0.3, 0.4) is 0 Å². The number of nitrogens with two attached hydrogens (primary N) is 1. The minimum atomic E-state index is -0.491. The number of hydrogen-bond acceptors (Lipinski definition) is 4. The molecule has 0 aliphatic carbocycles. The fourth-order valence-electron chi connectivity index (χ4n) is 0.973. The number of rotatable bonds is 4. The highest BCUT2D eigenvalue weighted by Crippen LogP contribution is 2.12. The molecule has 1 rings (SSSR count). The number of aromatic hydroxyl groups is 1. The standard InChI is InChI=1S/C9H11N3O3/c10-8(14)2-4-12-9(15)6-1-3-11-5-7(6)13/h1,3,5,13H,2,4H2,(H2,10,14)(H,12,15). The van der Waals surface area contributed by atoms with Crippen LogP contribution in [0.25, 0.3) is 0 Å². The Labute approximate surface area is 86.1 Å². The SMILES string of the molecule is NC(=O)CCNC(=O)c1ccncc1O. The van der Waals surface area contributed by atoms with E-state index in [1.54, 1.807) is 0 Å². The molecule has 6 heteroatoms. The molecule has 6 nitrogen and oxygen atoms in total. The van der Waals surface area contributed by atoms with Crippen LogP contribution in [0, 0.1) is 0 Å². The van der Waals surface area contributed by atoms with Gasteiger partial charge in [0.1, 0.15) is 5.75 Å². The Balaban J connectivity index is 2.54. The average molecular weight is 209 g/mol. The van der Waals surface area contributed by atoms with Gasteiger partial charge in [-0.3, -0.25) is 14.6 Å². The fraction of sp³-hybridized carbons (Fsp3) is 0.222. The van der Waals surface area contributed by atoms with Gasteiger partial charge in [-0.25, -0.2) is 0 Å². The number of pyridine rings is 1. The maximum absolute atomic E-state index is 11.4. The molecule has 1 aromatic rings. The van der Waals surface area contributed by atoms with Crippen molar-refractivity contribution >= 4 is 11.8 Å². The molecule has 80 valence electrons. The first-order chi connectivity index (χ1) is 7.11. The van der Waals surface area contributed by atoms with Crippen molar-refractivity contribution in [3.05, 3.63) is 24.0 Å². The molecule has 0 saturated carbocycles. The zero-order valence-electron chi connectivity index (χ0n) is 7.93. The lowest BCUT2D eigenvalue weighted by atomic mass is 10.2. The van der Waals surface area contributed by atoms with E-state index in [9.17, 15) is 14.7 Å². The van der Waals surface area contributed by atoms with Gasteiger partial charge < -0.3 is 16.2 Å². The van der Waals surface area contributed by atoms with E-state index in [-0.39, 0.29) is 24.3 Å². The van der Waals surface area contributed by atoms with Crippen LogP contribution < -0.4 is 11.1 Å². The van der Waals surface area contributed by atoms with Gasteiger partial charge in [-0.2, -0.15) is 0 Å². The summed E-state index contributed by atoms with van der Waals surface area (Å²) in [5, 5.41) is 11.7. The monoisotopic (exact) mass is 209 g/mol. The van der Waals surface area contributed by atoms with Gasteiger partial charge >= 0.3 is 0 Å². The van der Waals surface area contributed by atoms with Gasteiger partial charge in [-0.05, 0) is 6.07 Å². The summed E-state index contributed by atoms with van der Waals surface area (Å²) in [6, 6.07) is 1.38. The molecule has 0 spiro atoms. The third-order valence-electron chi connectivity index (χ3n) is 1.70. The molecule has 0 atom stereocenters. The van der Waals surface area contributed by atoms with Crippen LogP contribution in [0.4, 0.5) is 0 Å². The predicted octanol–water partition coefficient (Wildman–Crippen LogP) is -0.608. The van der Waals surface area contributed by atoms with Crippen LogP contribution in [0.1, 0.15) is 16.8 Å². The number of nitrogens with one attached hydrogen (secondary N) is 1. The number of carbonyl (C=O) groups excluding carboxylic acids is 2. The second-order valence-electron chi connectivity index (χ2n) is 2.87. The normalized spacial score (nSPS) is 9.60. The number of primary amides is 1. The van der Waals surface area contributed by atoms with Gasteiger partial charge in [-0.1, -0.05) is 0 Å². The number of hydrogen-bond donors (Lipinski definition) is 3. The quantitative estimate of drug-likeness (QED) is 0.615. The minimum absolute atomic E-state index is 0.0670. The van der Waals surface area contributed by atoms with Crippen molar-refractivity contribution in [2.75, 3.05) is 6.54 Å². The van der Waals surface area contributed by atoms with Crippen LogP contribution in [-0.4, -0.2) is 28.4 Å². The summed E-state index contributed by atoms with van der Waals surface area (Å²) in [5.41, 5.74) is 5.02. The van der Waals surface area contributed by atoms with Gasteiger partial charge in [0, 0.05) is 19.2 Å². The largest absolute Gasteiger partial charge is 0.505 e. The van der Waals surface area contributed by atoms with Crippen molar-refractivity contribution in [1.82, 2.24) is 10.3 Å². The summed E-state index contributed by atoms with van der Waals surface area (Å²) >= 11 is 0. The van der Waals surface area contributed by atoms with Crippen molar-refractivity contribution in [3.8, 4) is 5.75 Å². The summed E-state index contributed by atoms with van der Waals surface area (Å²) in [6.45, 7) is 0.149. The molecule has 0 fully saturated rings. The second kappa shape index (κ2) is 4.94. The number of nitrogens with zero attached hydrogens (tertiary/aromatic N) is 1. The second-order valence-corrected chi connectivity index (χ2v) is 2.87. The maximum atomic E-state index is 11.4. The molecule has 0 saturated heterocycles. The van der Waals surface area contributed by atoms with Gasteiger partial charge in [0.15, 0.2) is 0 Å². The molecule has 0 bridgehead atoms. The highest BCUT2D eigenvalue weighted by Gasteiger charge is 2.09. The van der Waals surface area contributed by atoms with E-state index in [1.165, 1.54) is 18.5 Å². The maximum Gasteiger partial charge on any atom is 0.255 e. The average Bonchev–Trinajstić information content (AvgIpc) is 2.17. The topological polar surface area (TPSA) is 105 Å². The Bertz CT molecular complexity index is 379. The van der Waals surface area contributed by atoms with Crippen molar-refractivity contribution in [2.24, 2.45) is 5.73 Å². The van der Waals surface area contributed by atoms with Gasteiger partial charge in [0.25, 0.3) is 5.91 Å². The molecule has 0 radical (unpaired) electrons. The van der Waals surface area contributed by atoms with E-state index in [1.807, 2.05) is 0 Å². The summed E-state index contributed by atoms with van der Waals surface area (Å²) in [5.74, 6) is -1.15. The van der Waals surface area contributed by atoms with Crippen molar-refractivity contribution in [1.29, 1.82) is 0 Å². The summed E-state index contributed by atoms with van der Waals surface area (Å²) in [4.78, 5) is 25.4. The Hall–Kier alpha value is -2.11. The molecular weight excluding hydrogens is 198 g/mol. The van der Waals surface area contributed by atoms with Crippen LogP contribution in [-0.2, 0) is 4.79 Å². The predicted molar refractivity (Wildman–Crippen MR) is 52.0 cm³/mol. The Kier molecular flexibility index (Phi) is 3.61. The van der Waals surface area contributed by atoms with Gasteiger partial charge in [-0.15, -0.1) is 0 Å². The molecule has 0 aromatic carbocycles. The number of aromatic nitrogens is 1. The van der Waals surface area contributed by atoms with E-state index in [0.29, 0.717) is 0 Å². The van der Waals surface area contributed by atoms with E-state index in [4.69, 9.17) is 5.73 Å². The van der Waals surface area contributed by atoms with Gasteiger partial charge in [0.05, 0.1) is 11.8 Å². The van der Waals surface area contributed by atoms with Crippen molar-refractivity contribution in [2.45, 2.75) is 6.42 Å². The summed E-state index contributed by atoms with van der Waals surface area (Å²) in [7, 11) is 0. The van der Waals surface area contributed by atoms with Crippen LogP contribution in [0.5, 0.6) is 5.75 Å². The lowest BCUT2D eigenvalue weighted by Gasteiger charge is -2.04. The fourth-order valence-corrected chi connectivity index (χ4v) is 0.973. The minimum Gasteiger partial charge on any atom is -0.505 e. The Morgan fingerprint density at radius 3 is 2.87 bits per heavy atom. The highest BCUT2D eigenvalue weighted by molar-refractivity contribution is 5.96. The van der Waals surface area contributed by atoms with Gasteiger partial charge in [0.2, 0.25) is 5.91 Å². The van der Waals surface area contributed by atoms with E-state index >= 15 is 0 Å². The van der Waals surface area contributed by atoms with Crippen LogP contribution in [0.15, 0.2) is 18.5 Å². The number of carbonyl (C=O) groups is 2. The van der Waals surface area contributed by atoms with E-state index in [2.05, 4.69) is 10.3 Å². The molecule has 1 aromatic heterocycles. The molecule has 2 amide bonds. The molecule has 4 N–H and O–H groups in total. The Morgan fingerprint density at radius 1 is 1.53 bits per heavy atom. The lowest BCUT2D eigenvalue weighted by Crippen LogP contribution is -2.27. The van der Waals surface area contributed by atoms with Crippen molar-refractivity contribution < 1.29 is 14.7 Å². The third-order valence-corrected chi connectivity index (χ3v) is 1.70. The van der Waals surface area contributed by atoms with Crippen molar-refractivity contribution in [3.63, 3.8) is 0 Å². The highest BCUT2D eigenvalue weighted by atomic mass is 16.3. The summed E-state index contributed by atoms with van der Waals surface area (Å²) < 4.78 is 0. The lowest BCUT2D eigenvalue weighted by molar-refractivity contribution is -0.117. The zero-order valence-corrected chi connectivity index (χ0v) is 7.93. The molecule has 1 heterocycles. The molecule has 0 aliphatic heterocycles. The number of amides is 2. The zero-order chi connectivity index (χ0) is 11.3. The third kappa shape index (κ3) is 3.26. The van der Waals surface area contributed by atoms with Crippen LogP contribution >= 0.6 is 0 Å². The first kappa shape index (κ1) is 11.0. The molecular formula is C9H11N3O3. The summed E-state index contributed by atoms with van der Waals surface area (Å²) in [6.07, 6.45) is 2.63. The smallest absolute Gasteiger partial charge is 0.255 e. The molecule has 0 aliphatic rings. The van der Waals surface area contributed by atoms with E-state index < -0.39 is 11.8 Å². The van der Waals surface area contributed by atoms with Crippen LogP contribution in [0.2, 0.25) is 0 Å². The first-order valence-corrected chi connectivity index (χ1v) is 4.30. The molecule has 0 unspecified atom stereocenters. The first-order valence-electron chi connectivity index (χ1n) is 4.30. The Morgan fingerprint density at radius 2 is 2.27 bits per heavy atom.